The Hall–Kier alpha value is -0.950. The van der Waals surface area contributed by atoms with Crippen LogP contribution in [-0.2, 0) is 14.3 Å². The molecule has 0 aromatic carbocycles. The van der Waals surface area contributed by atoms with Gasteiger partial charge in [0.15, 0.2) is 0 Å². The van der Waals surface area contributed by atoms with Crippen LogP contribution in [0.4, 0.5) is 0 Å². The van der Waals surface area contributed by atoms with Crippen LogP contribution in [0.15, 0.2) is 16.8 Å². The number of thiophene rings is 1. The molecule has 0 radical (unpaired) electrons. The highest BCUT2D eigenvalue weighted by Crippen LogP contribution is 2.26. The third kappa shape index (κ3) is 3.54. The molecule has 2 heterocycles. The minimum Gasteiger partial charge on any atom is -0.383 e. The van der Waals surface area contributed by atoms with Crippen molar-refractivity contribution in [3.05, 3.63) is 22.4 Å². The molecule has 19 heavy (non-hydrogen) atoms. The van der Waals surface area contributed by atoms with E-state index in [1.807, 2.05) is 18.4 Å². The largest absolute Gasteiger partial charge is 0.383 e. The van der Waals surface area contributed by atoms with Crippen LogP contribution >= 0.6 is 11.3 Å². The molecule has 1 saturated heterocycles. The SMILES string of the molecule is COCC(N)C(=O)N1CC(C)OC(c2ccsc2)C1. The van der Waals surface area contributed by atoms with E-state index in [0.717, 1.165) is 5.56 Å². The first-order chi connectivity index (χ1) is 9.11. The van der Waals surface area contributed by atoms with Crippen LogP contribution in [0.1, 0.15) is 18.6 Å². The number of hydrogen-bond donors (Lipinski definition) is 1. The molecule has 0 spiro atoms. The summed E-state index contributed by atoms with van der Waals surface area (Å²) in [6.07, 6.45) is -0.0500. The van der Waals surface area contributed by atoms with Gasteiger partial charge in [0.05, 0.1) is 19.3 Å². The molecule has 0 saturated carbocycles. The van der Waals surface area contributed by atoms with Crippen LogP contribution in [0, 0.1) is 0 Å². The second-order valence-electron chi connectivity index (χ2n) is 4.80. The smallest absolute Gasteiger partial charge is 0.242 e. The molecule has 0 bridgehead atoms. The number of methoxy groups -OCH3 is 1. The van der Waals surface area contributed by atoms with E-state index >= 15 is 0 Å². The van der Waals surface area contributed by atoms with Crippen molar-refractivity contribution in [1.82, 2.24) is 4.90 Å². The second kappa shape index (κ2) is 6.47. The summed E-state index contributed by atoms with van der Waals surface area (Å²) in [6.45, 7) is 3.35. The van der Waals surface area contributed by atoms with E-state index in [4.69, 9.17) is 15.2 Å². The van der Waals surface area contributed by atoms with Gasteiger partial charge in [-0.25, -0.2) is 0 Å². The van der Waals surface area contributed by atoms with Gasteiger partial charge < -0.3 is 20.1 Å². The quantitative estimate of drug-likeness (QED) is 0.896. The molecular weight excluding hydrogens is 264 g/mol. The minimum atomic E-state index is -0.599. The molecule has 3 unspecified atom stereocenters. The van der Waals surface area contributed by atoms with Crippen LogP contribution in [0.2, 0.25) is 0 Å². The predicted molar refractivity (Wildman–Crippen MR) is 74.0 cm³/mol. The average Bonchev–Trinajstić information content (AvgIpc) is 2.91. The van der Waals surface area contributed by atoms with Crippen molar-refractivity contribution in [2.24, 2.45) is 5.73 Å². The summed E-state index contributed by atoms with van der Waals surface area (Å²) in [6, 6.07) is 1.43. The molecule has 1 aliphatic rings. The number of hydrogen-bond acceptors (Lipinski definition) is 5. The van der Waals surface area contributed by atoms with Crippen molar-refractivity contribution in [2.45, 2.75) is 25.2 Å². The summed E-state index contributed by atoms with van der Waals surface area (Å²) in [5.41, 5.74) is 6.93. The predicted octanol–water partition coefficient (Wildman–Crippen LogP) is 1.01. The Kier molecular flexibility index (Phi) is 4.93. The van der Waals surface area contributed by atoms with Crippen LogP contribution < -0.4 is 5.73 Å². The van der Waals surface area contributed by atoms with Crippen LogP contribution in [-0.4, -0.2) is 49.8 Å². The number of carbonyl (C=O) groups is 1. The topological polar surface area (TPSA) is 64.8 Å². The monoisotopic (exact) mass is 284 g/mol. The van der Waals surface area contributed by atoms with Gasteiger partial charge in [-0.15, -0.1) is 0 Å². The van der Waals surface area contributed by atoms with Gasteiger partial charge in [0.25, 0.3) is 0 Å². The molecule has 1 aliphatic heterocycles. The zero-order valence-corrected chi connectivity index (χ0v) is 12.1. The zero-order chi connectivity index (χ0) is 13.8. The molecule has 1 aromatic heterocycles. The lowest BCUT2D eigenvalue weighted by atomic mass is 10.1. The lowest BCUT2D eigenvalue weighted by Gasteiger charge is -2.37. The average molecular weight is 284 g/mol. The molecule has 6 heteroatoms. The molecule has 2 rings (SSSR count). The van der Waals surface area contributed by atoms with E-state index in [9.17, 15) is 4.79 Å². The Morgan fingerprint density at radius 1 is 1.68 bits per heavy atom. The normalized spacial score (nSPS) is 25.3. The van der Waals surface area contributed by atoms with Gasteiger partial charge in [-0.1, -0.05) is 0 Å². The molecule has 1 aromatic rings. The number of morpholine rings is 1. The maximum absolute atomic E-state index is 12.2. The third-order valence-corrected chi connectivity index (χ3v) is 3.85. The molecule has 1 fully saturated rings. The fourth-order valence-corrected chi connectivity index (χ4v) is 2.96. The van der Waals surface area contributed by atoms with Crippen molar-refractivity contribution < 1.29 is 14.3 Å². The van der Waals surface area contributed by atoms with Gasteiger partial charge in [0, 0.05) is 13.7 Å². The van der Waals surface area contributed by atoms with Gasteiger partial charge in [-0.05, 0) is 29.3 Å². The Labute approximate surface area is 117 Å². The fraction of sp³-hybridized carbons (Fsp3) is 0.615. The first-order valence-electron chi connectivity index (χ1n) is 6.32. The van der Waals surface area contributed by atoms with E-state index in [2.05, 4.69) is 5.38 Å². The Morgan fingerprint density at radius 2 is 2.47 bits per heavy atom. The highest BCUT2D eigenvalue weighted by atomic mass is 32.1. The summed E-state index contributed by atoms with van der Waals surface area (Å²) >= 11 is 1.63. The van der Waals surface area contributed by atoms with Crippen molar-refractivity contribution in [2.75, 3.05) is 26.8 Å². The highest BCUT2D eigenvalue weighted by Gasteiger charge is 2.31. The summed E-state index contributed by atoms with van der Waals surface area (Å²) < 4.78 is 10.8. The standard InChI is InChI=1S/C13H20N2O3S/c1-9-5-15(13(16)11(14)7-17-2)6-12(18-9)10-3-4-19-8-10/h3-4,8-9,11-12H,5-7,14H2,1-2H3. The number of ether oxygens (including phenoxy) is 2. The van der Waals surface area contributed by atoms with Crippen molar-refractivity contribution in [1.29, 1.82) is 0 Å². The summed E-state index contributed by atoms with van der Waals surface area (Å²) in [5, 5.41) is 4.07. The Bertz CT molecular complexity index is 410. The third-order valence-electron chi connectivity index (χ3n) is 3.15. The van der Waals surface area contributed by atoms with Crippen molar-refractivity contribution in [3.63, 3.8) is 0 Å². The molecule has 106 valence electrons. The van der Waals surface area contributed by atoms with Gasteiger partial charge in [0.2, 0.25) is 5.91 Å². The molecule has 5 nitrogen and oxygen atoms in total. The molecule has 1 amide bonds. The minimum absolute atomic E-state index is 0.0114. The Morgan fingerprint density at radius 3 is 3.11 bits per heavy atom. The molecular formula is C13H20N2O3S. The van der Waals surface area contributed by atoms with Crippen molar-refractivity contribution in [3.8, 4) is 0 Å². The van der Waals surface area contributed by atoms with Crippen molar-refractivity contribution >= 4 is 17.2 Å². The van der Waals surface area contributed by atoms with Crippen LogP contribution in [0.5, 0.6) is 0 Å². The highest BCUT2D eigenvalue weighted by molar-refractivity contribution is 7.07. The van der Waals surface area contributed by atoms with Crippen LogP contribution in [0.3, 0.4) is 0 Å². The maximum atomic E-state index is 12.2. The van der Waals surface area contributed by atoms with E-state index in [0.29, 0.717) is 13.1 Å². The molecule has 0 aliphatic carbocycles. The Balaban J connectivity index is 2.03. The van der Waals surface area contributed by atoms with E-state index < -0.39 is 6.04 Å². The van der Waals surface area contributed by atoms with Gasteiger partial charge in [-0.2, -0.15) is 11.3 Å². The zero-order valence-electron chi connectivity index (χ0n) is 11.2. The number of carbonyl (C=O) groups excluding carboxylic acids is 1. The maximum Gasteiger partial charge on any atom is 0.242 e. The lowest BCUT2D eigenvalue weighted by molar-refractivity contribution is -0.147. The van der Waals surface area contributed by atoms with E-state index in [-0.39, 0.29) is 24.7 Å². The number of rotatable bonds is 4. The molecule has 2 N–H and O–H groups in total. The van der Waals surface area contributed by atoms with Crippen LogP contribution in [0.25, 0.3) is 0 Å². The first-order valence-corrected chi connectivity index (χ1v) is 7.27. The summed E-state index contributed by atoms with van der Waals surface area (Å²) in [5.74, 6) is -0.0720. The number of amides is 1. The van der Waals surface area contributed by atoms with Gasteiger partial charge in [-0.3, -0.25) is 4.79 Å². The van der Waals surface area contributed by atoms with Gasteiger partial charge in [0.1, 0.15) is 12.1 Å². The van der Waals surface area contributed by atoms with Gasteiger partial charge >= 0.3 is 0 Å². The summed E-state index contributed by atoms with van der Waals surface area (Å²) in [4.78, 5) is 14.0. The van der Waals surface area contributed by atoms with E-state index in [1.165, 1.54) is 0 Å². The summed E-state index contributed by atoms with van der Waals surface area (Å²) in [7, 11) is 1.54. The first kappa shape index (κ1) is 14.5. The number of nitrogens with zero attached hydrogens (tertiary/aromatic N) is 1. The molecule has 3 atom stereocenters. The number of nitrogens with two attached hydrogens (primary N) is 1. The van der Waals surface area contributed by atoms with E-state index in [1.54, 1.807) is 23.3 Å². The fourth-order valence-electron chi connectivity index (χ4n) is 2.26. The second-order valence-corrected chi connectivity index (χ2v) is 5.58. The lowest BCUT2D eigenvalue weighted by Crippen LogP contribution is -2.52.